The van der Waals surface area contributed by atoms with Gasteiger partial charge >= 0.3 is 0 Å². The average molecular weight is 213 g/mol. The molecule has 2 aliphatic rings. The van der Waals surface area contributed by atoms with E-state index in [-0.39, 0.29) is 5.91 Å². The van der Waals surface area contributed by atoms with Crippen LogP contribution in [0.2, 0.25) is 0 Å². The van der Waals surface area contributed by atoms with E-state index >= 15 is 0 Å². The summed E-state index contributed by atoms with van der Waals surface area (Å²) in [6.07, 6.45) is 5.03. The van der Waals surface area contributed by atoms with Gasteiger partial charge < -0.3 is 4.90 Å². The summed E-state index contributed by atoms with van der Waals surface area (Å²) in [7, 11) is 0. The zero-order chi connectivity index (χ0) is 11.1. The molecule has 1 heterocycles. The molecule has 0 N–H and O–H groups in total. The van der Waals surface area contributed by atoms with E-state index in [1.807, 2.05) is 4.90 Å². The molecule has 1 aromatic rings. The standard InChI is InChI=1S/C14H15NO/c1-2-14(16)15-9-8-12-11(10-6-7-10)4-3-5-13(12)15/h2-5,10H,1,6-9H2. The highest BCUT2D eigenvalue weighted by molar-refractivity contribution is 6.02. The van der Waals surface area contributed by atoms with Crippen molar-refractivity contribution in [2.75, 3.05) is 11.4 Å². The first-order chi connectivity index (χ1) is 7.81. The maximum Gasteiger partial charge on any atom is 0.250 e. The van der Waals surface area contributed by atoms with Crippen LogP contribution >= 0.6 is 0 Å². The van der Waals surface area contributed by atoms with Gasteiger partial charge in [-0.1, -0.05) is 18.7 Å². The van der Waals surface area contributed by atoms with Gasteiger partial charge in [-0.05, 0) is 48.4 Å². The fourth-order valence-electron chi connectivity index (χ4n) is 2.58. The quantitative estimate of drug-likeness (QED) is 0.691. The van der Waals surface area contributed by atoms with Crippen molar-refractivity contribution in [1.82, 2.24) is 0 Å². The van der Waals surface area contributed by atoms with E-state index in [2.05, 4.69) is 24.8 Å². The number of hydrogen-bond donors (Lipinski definition) is 0. The maximum atomic E-state index is 11.7. The molecule has 0 unspecified atom stereocenters. The molecule has 82 valence electrons. The number of benzene rings is 1. The smallest absolute Gasteiger partial charge is 0.250 e. The van der Waals surface area contributed by atoms with Crippen LogP contribution in [0.25, 0.3) is 0 Å². The molecule has 0 radical (unpaired) electrons. The molecule has 1 aliphatic heterocycles. The number of nitrogens with zero attached hydrogens (tertiary/aromatic N) is 1. The zero-order valence-electron chi connectivity index (χ0n) is 9.28. The first-order valence-corrected chi connectivity index (χ1v) is 5.87. The lowest BCUT2D eigenvalue weighted by Gasteiger charge is -2.15. The van der Waals surface area contributed by atoms with Crippen LogP contribution in [0.4, 0.5) is 5.69 Å². The summed E-state index contributed by atoms with van der Waals surface area (Å²) in [5.41, 5.74) is 3.96. The van der Waals surface area contributed by atoms with E-state index < -0.39 is 0 Å². The lowest BCUT2D eigenvalue weighted by molar-refractivity contribution is -0.114. The van der Waals surface area contributed by atoms with E-state index in [4.69, 9.17) is 0 Å². The maximum absolute atomic E-state index is 11.7. The zero-order valence-corrected chi connectivity index (χ0v) is 9.28. The van der Waals surface area contributed by atoms with Gasteiger partial charge in [-0.15, -0.1) is 0 Å². The third kappa shape index (κ3) is 1.37. The number of anilines is 1. The molecule has 1 amide bonds. The van der Waals surface area contributed by atoms with E-state index in [9.17, 15) is 4.79 Å². The van der Waals surface area contributed by atoms with Crippen molar-refractivity contribution in [1.29, 1.82) is 0 Å². The SMILES string of the molecule is C=CC(=O)N1CCc2c(C3CC3)cccc21. The van der Waals surface area contributed by atoms with Crippen molar-refractivity contribution in [3.8, 4) is 0 Å². The molecule has 0 spiro atoms. The van der Waals surface area contributed by atoms with Gasteiger partial charge in [0.1, 0.15) is 0 Å². The molecular formula is C14H15NO. The summed E-state index contributed by atoms with van der Waals surface area (Å²) in [4.78, 5) is 13.5. The van der Waals surface area contributed by atoms with E-state index in [0.717, 1.165) is 24.6 Å². The molecule has 0 atom stereocenters. The molecule has 1 fully saturated rings. The van der Waals surface area contributed by atoms with Crippen LogP contribution in [0.5, 0.6) is 0 Å². The summed E-state index contributed by atoms with van der Waals surface area (Å²) >= 11 is 0. The van der Waals surface area contributed by atoms with Crippen molar-refractivity contribution >= 4 is 11.6 Å². The molecule has 1 aromatic carbocycles. The Kier molecular flexibility index (Phi) is 2.10. The van der Waals surface area contributed by atoms with Crippen LogP contribution in [-0.2, 0) is 11.2 Å². The van der Waals surface area contributed by atoms with Gasteiger partial charge in [-0.25, -0.2) is 0 Å². The second-order valence-electron chi connectivity index (χ2n) is 4.56. The van der Waals surface area contributed by atoms with Crippen LogP contribution in [0, 0.1) is 0 Å². The molecule has 1 saturated carbocycles. The van der Waals surface area contributed by atoms with Gasteiger partial charge in [0.2, 0.25) is 5.91 Å². The van der Waals surface area contributed by atoms with Crippen molar-refractivity contribution in [3.63, 3.8) is 0 Å². The Bertz CT molecular complexity index is 460. The second-order valence-corrected chi connectivity index (χ2v) is 4.56. The van der Waals surface area contributed by atoms with E-state index in [1.165, 1.54) is 30.0 Å². The lowest BCUT2D eigenvalue weighted by atomic mass is 10.0. The fraction of sp³-hybridized carbons (Fsp3) is 0.357. The predicted molar refractivity (Wildman–Crippen MR) is 64.7 cm³/mol. The minimum atomic E-state index is 0.0201. The Hall–Kier alpha value is -1.57. The summed E-state index contributed by atoms with van der Waals surface area (Å²) in [6, 6.07) is 6.34. The third-order valence-corrected chi connectivity index (χ3v) is 3.52. The average Bonchev–Trinajstić information content (AvgIpc) is 3.07. The molecule has 3 rings (SSSR count). The van der Waals surface area contributed by atoms with Gasteiger partial charge in [0.05, 0.1) is 0 Å². The molecule has 1 aliphatic carbocycles. The molecule has 2 nitrogen and oxygen atoms in total. The molecular weight excluding hydrogens is 198 g/mol. The number of hydrogen-bond acceptors (Lipinski definition) is 1. The molecule has 0 saturated heterocycles. The van der Waals surface area contributed by atoms with Crippen LogP contribution in [-0.4, -0.2) is 12.5 Å². The Morgan fingerprint density at radius 2 is 2.25 bits per heavy atom. The topological polar surface area (TPSA) is 20.3 Å². The van der Waals surface area contributed by atoms with Gasteiger partial charge in [0.25, 0.3) is 0 Å². The summed E-state index contributed by atoms with van der Waals surface area (Å²) in [5, 5.41) is 0. The highest BCUT2D eigenvalue weighted by atomic mass is 16.2. The van der Waals surface area contributed by atoms with E-state index in [1.54, 1.807) is 0 Å². The van der Waals surface area contributed by atoms with Crippen LogP contribution in [0.1, 0.15) is 29.9 Å². The summed E-state index contributed by atoms with van der Waals surface area (Å²) in [6.45, 7) is 4.37. The normalized spacial score (nSPS) is 18.4. The Morgan fingerprint density at radius 1 is 1.44 bits per heavy atom. The predicted octanol–water partition coefficient (Wildman–Crippen LogP) is 2.64. The third-order valence-electron chi connectivity index (χ3n) is 3.52. The molecule has 0 aromatic heterocycles. The highest BCUT2D eigenvalue weighted by Gasteiger charge is 2.31. The van der Waals surface area contributed by atoms with Crippen LogP contribution < -0.4 is 4.90 Å². The minimum absolute atomic E-state index is 0.0201. The van der Waals surface area contributed by atoms with Gasteiger partial charge in [0.15, 0.2) is 0 Å². The van der Waals surface area contributed by atoms with Gasteiger partial charge in [-0.2, -0.15) is 0 Å². The first-order valence-electron chi connectivity index (χ1n) is 5.87. The molecule has 2 heteroatoms. The molecule has 16 heavy (non-hydrogen) atoms. The van der Waals surface area contributed by atoms with Gasteiger partial charge in [0, 0.05) is 12.2 Å². The Morgan fingerprint density at radius 3 is 2.94 bits per heavy atom. The largest absolute Gasteiger partial charge is 0.308 e. The summed E-state index contributed by atoms with van der Waals surface area (Å²) in [5.74, 6) is 0.778. The van der Waals surface area contributed by atoms with Crippen LogP contribution in [0.3, 0.4) is 0 Å². The second kappa shape index (κ2) is 3.48. The lowest BCUT2D eigenvalue weighted by Crippen LogP contribution is -2.26. The molecule has 0 bridgehead atoms. The van der Waals surface area contributed by atoms with Crippen LogP contribution in [0.15, 0.2) is 30.9 Å². The highest BCUT2D eigenvalue weighted by Crippen LogP contribution is 2.45. The fourth-order valence-corrected chi connectivity index (χ4v) is 2.58. The number of carbonyl (C=O) groups is 1. The van der Waals surface area contributed by atoms with Crippen molar-refractivity contribution in [2.45, 2.75) is 25.2 Å². The number of fused-ring (bicyclic) bond motifs is 1. The van der Waals surface area contributed by atoms with Crippen molar-refractivity contribution in [2.24, 2.45) is 0 Å². The van der Waals surface area contributed by atoms with Crippen molar-refractivity contribution < 1.29 is 4.79 Å². The minimum Gasteiger partial charge on any atom is -0.308 e. The van der Waals surface area contributed by atoms with E-state index in [0.29, 0.717) is 0 Å². The number of carbonyl (C=O) groups excluding carboxylic acids is 1. The summed E-state index contributed by atoms with van der Waals surface area (Å²) < 4.78 is 0. The first kappa shape index (κ1) is 9.64. The monoisotopic (exact) mass is 213 g/mol. The Labute approximate surface area is 95.6 Å². The Balaban J connectivity index is 2.03. The number of amides is 1. The van der Waals surface area contributed by atoms with Gasteiger partial charge in [-0.3, -0.25) is 4.79 Å². The van der Waals surface area contributed by atoms with Crippen molar-refractivity contribution in [3.05, 3.63) is 42.0 Å². The number of rotatable bonds is 2.